The number of rotatable bonds is 67. The van der Waals surface area contributed by atoms with Crippen LogP contribution >= 0.6 is 0 Å². The summed E-state index contributed by atoms with van der Waals surface area (Å²) in [5.74, 6) is -0.819. The number of hydrogen-bond donors (Lipinski definition) is 0. The van der Waals surface area contributed by atoms with Gasteiger partial charge in [0.25, 0.3) is 0 Å². The van der Waals surface area contributed by atoms with E-state index < -0.39 is 6.10 Å². The van der Waals surface area contributed by atoms with Crippen LogP contribution in [0.15, 0.2) is 0 Å². The van der Waals surface area contributed by atoms with Gasteiger partial charge in [-0.25, -0.2) is 0 Å². The zero-order valence-corrected chi connectivity index (χ0v) is 52.8. The van der Waals surface area contributed by atoms with Crippen molar-refractivity contribution in [3.8, 4) is 0 Å². The molecule has 0 heterocycles. The molecule has 0 fully saturated rings. The summed E-state index contributed by atoms with van der Waals surface area (Å²) in [6.45, 7) is 6.74. The molecule has 77 heavy (non-hydrogen) atoms. The van der Waals surface area contributed by atoms with Crippen molar-refractivity contribution in [1.29, 1.82) is 0 Å². The van der Waals surface area contributed by atoms with E-state index >= 15 is 0 Å². The van der Waals surface area contributed by atoms with Crippen LogP contribution in [-0.4, -0.2) is 37.2 Å². The normalized spacial score (nSPS) is 11.9. The van der Waals surface area contributed by atoms with Gasteiger partial charge in [0.2, 0.25) is 0 Å². The van der Waals surface area contributed by atoms with Crippen molar-refractivity contribution in [3.63, 3.8) is 0 Å². The SMILES string of the molecule is CCCCCCCCCCCCCCCCCCCCCCCCCCCCCC(=O)OCC(COC(=O)CCCCCCCCCCCCCCCCC)OC(=O)CCCCCCCCCCCCCCCCCCC. The van der Waals surface area contributed by atoms with Gasteiger partial charge in [0.05, 0.1) is 0 Å². The molecule has 0 aliphatic heterocycles. The summed E-state index contributed by atoms with van der Waals surface area (Å²) in [5.41, 5.74) is 0. The Morgan fingerprint density at radius 3 is 0.519 bits per heavy atom. The Kier molecular flexibility index (Phi) is 65.5. The molecule has 0 spiro atoms. The van der Waals surface area contributed by atoms with E-state index in [2.05, 4.69) is 20.8 Å². The Morgan fingerprint density at radius 1 is 0.208 bits per heavy atom. The molecule has 0 bridgehead atoms. The summed E-state index contributed by atoms with van der Waals surface area (Å²) >= 11 is 0. The van der Waals surface area contributed by atoms with Crippen LogP contribution in [0.4, 0.5) is 0 Å². The van der Waals surface area contributed by atoms with Crippen LogP contribution in [0.2, 0.25) is 0 Å². The third kappa shape index (κ3) is 65.1. The monoisotopic (exact) mass is 1090 g/mol. The number of carbonyl (C=O) groups excluding carboxylic acids is 3. The molecular weight excluding hydrogens is 949 g/mol. The molecule has 0 aromatic carbocycles. The smallest absolute Gasteiger partial charge is 0.306 e. The van der Waals surface area contributed by atoms with Gasteiger partial charge in [-0.05, 0) is 19.3 Å². The molecule has 0 saturated carbocycles. The highest BCUT2D eigenvalue weighted by molar-refractivity contribution is 5.71. The van der Waals surface area contributed by atoms with Crippen molar-refractivity contribution in [3.05, 3.63) is 0 Å². The summed E-state index contributed by atoms with van der Waals surface area (Å²) in [5, 5.41) is 0. The second kappa shape index (κ2) is 66.9. The minimum absolute atomic E-state index is 0.0602. The van der Waals surface area contributed by atoms with Crippen molar-refractivity contribution in [2.75, 3.05) is 13.2 Å². The summed E-state index contributed by atoms with van der Waals surface area (Å²) in [7, 11) is 0. The van der Waals surface area contributed by atoms with E-state index in [1.807, 2.05) is 0 Å². The Balaban J connectivity index is 4.17. The minimum Gasteiger partial charge on any atom is -0.462 e. The molecule has 6 heteroatoms. The van der Waals surface area contributed by atoms with E-state index in [-0.39, 0.29) is 31.1 Å². The van der Waals surface area contributed by atoms with Crippen LogP contribution in [0.1, 0.15) is 419 Å². The lowest BCUT2D eigenvalue weighted by atomic mass is 10.0. The van der Waals surface area contributed by atoms with Crippen LogP contribution in [0.25, 0.3) is 0 Å². The minimum atomic E-state index is -0.763. The zero-order valence-electron chi connectivity index (χ0n) is 52.8. The highest BCUT2D eigenvalue weighted by atomic mass is 16.6. The third-order valence-electron chi connectivity index (χ3n) is 16.6. The average molecular weight is 1090 g/mol. The van der Waals surface area contributed by atoms with Gasteiger partial charge in [0.15, 0.2) is 6.10 Å². The van der Waals surface area contributed by atoms with Gasteiger partial charge in [-0.3, -0.25) is 14.4 Å². The molecule has 0 aromatic rings. The van der Waals surface area contributed by atoms with Crippen molar-refractivity contribution in [1.82, 2.24) is 0 Å². The van der Waals surface area contributed by atoms with Gasteiger partial charge in [0, 0.05) is 19.3 Å². The first kappa shape index (κ1) is 75.4. The molecule has 1 unspecified atom stereocenters. The highest BCUT2D eigenvalue weighted by Gasteiger charge is 2.19. The number of carbonyl (C=O) groups is 3. The Hall–Kier alpha value is -1.59. The molecule has 0 saturated heterocycles. The van der Waals surface area contributed by atoms with Crippen LogP contribution < -0.4 is 0 Å². The fourth-order valence-electron chi connectivity index (χ4n) is 11.3. The summed E-state index contributed by atoms with van der Waals surface area (Å²) in [6, 6.07) is 0. The van der Waals surface area contributed by atoms with E-state index in [4.69, 9.17) is 14.2 Å². The van der Waals surface area contributed by atoms with E-state index in [9.17, 15) is 14.4 Å². The Bertz CT molecular complexity index is 1160. The first-order valence-electron chi connectivity index (χ1n) is 35.5. The van der Waals surface area contributed by atoms with Crippen molar-refractivity contribution in [2.45, 2.75) is 425 Å². The zero-order chi connectivity index (χ0) is 55.7. The Morgan fingerprint density at radius 2 is 0.351 bits per heavy atom. The van der Waals surface area contributed by atoms with Gasteiger partial charge in [-0.2, -0.15) is 0 Å². The van der Waals surface area contributed by atoms with Crippen LogP contribution in [0.3, 0.4) is 0 Å². The van der Waals surface area contributed by atoms with E-state index in [1.165, 1.54) is 321 Å². The van der Waals surface area contributed by atoms with E-state index in [1.54, 1.807) is 0 Å². The number of esters is 3. The van der Waals surface area contributed by atoms with Gasteiger partial charge in [-0.1, -0.05) is 380 Å². The van der Waals surface area contributed by atoms with Crippen LogP contribution in [0, 0.1) is 0 Å². The predicted octanol–water partition coefficient (Wildman–Crippen LogP) is 24.2. The first-order valence-corrected chi connectivity index (χ1v) is 35.5. The van der Waals surface area contributed by atoms with Crippen molar-refractivity contribution < 1.29 is 28.6 Å². The average Bonchev–Trinajstić information content (AvgIpc) is 3.43. The van der Waals surface area contributed by atoms with Gasteiger partial charge >= 0.3 is 17.9 Å². The van der Waals surface area contributed by atoms with Gasteiger partial charge in [-0.15, -0.1) is 0 Å². The molecule has 0 radical (unpaired) electrons. The molecule has 1 atom stereocenters. The highest BCUT2D eigenvalue weighted by Crippen LogP contribution is 2.19. The first-order chi connectivity index (χ1) is 38.0. The molecule has 0 amide bonds. The molecular formula is C71H138O6. The maximum absolute atomic E-state index is 12.9. The molecule has 0 aromatic heterocycles. The Labute approximate surface area is 482 Å². The molecule has 0 aliphatic carbocycles. The molecule has 0 N–H and O–H groups in total. The third-order valence-corrected chi connectivity index (χ3v) is 16.6. The quantitative estimate of drug-likeness (QED) is 0.0343. The molecule has 0 rings (SSSR count). The fraction of sp³-hybridized carbons (Fsp3) is 0.958. The van der Waals surface area contributed by atoms with Crippen molar-refractivity contribution in [2.24, 2.45) is 0 Å². The van der Waals surface area contributed by atoms with Crippen LogP contribution in [-0.2, 0) is 28.6 Å². The summed E-state index contributed by atoms with van der Waals surface area (Å²) < 4.78 is 17.0. The van der Waals surface area contributed by atoms with Gasteiger partial charge < -0.3 is 14.2 Å². The van der Waals surface area contributed by atoms with Crippen LogP contribution in [0.5, 0.6) is 0 Å². The lowest BCUT2D eigenvalue weighted by Crippen LogP contribution is -2.30. The van der Waals surface area contributed by atoms with Gasteiger partial charge in [0.1, 0.15) is 13.2 Å². The van der Waals surface area contributed by atoms with Crippen molar-refractivity contribution >= 4 is 17.9 Å². The summed E-state index contributed by atoms with van der Waals surface area (Å²) in [4.78, 5) is 38.4. The standard InChI is InChI=1S/C71H138O6/c1-4-7-10-13-16-19-22-25-28-30-31-32-33-34-35-36-37-38-39-41-43-46-49-52-55-58-61-64-70(73)76-67-68(66-75-69(72)63-60-57-54-51-48-45-42-27-24-21-18-15-12-9-6-3)77-71(74)65-62-59-56-53-50-47-44-40-29-26-23-20-17-14-11-8-5-2/h68H,4-67H2,1-3H3. The second-order valence-electron chi connectivity index (χ2n) is 24.5. The second-order valence-corrected chi connectivity index (χ2v) is 24.5. The molecule has 458 valence electrons. The van der Waals surface area contributed by atoms with E-state index in [0.717, 1.165) is 57.8 Å². The topological polar surface area (TPSA) is 78.9 Å². The molecule has 0 aliphatic rings. The number of ether oxygens (including phenoxy) is 3. The fourth-order valence-corrected chi connectivity index (χ4v) is 11.3. The predicted molar refractivity (Wildman–Crippen MR) is 335 cm³/mol. The summed E-state index contributed by atoms with van der Waals surface area (Å²) in [6.07, 6.45) is 78.5. The maximum atomic E-state index is 12.9. The number of hydrogen-bond acceptors (Lipinski definition) is 6. The largest absolute Gasteiger partial charge is 0.462 e. The molecule has 6 nitrogen and oxygen atoms in total. The lowest BCUT2D eigenvalue weighted by Gasteiger charge is -2.18. The number of unbranched alkanes of at least 4 members (excludes halogenated alkanes) is 56. The maximum Gasteiger partial charge on any atom is 0.306 e. The lowest BCUT2D eigenvalue weighted by molar-refractivity contribution is -0.167. The van der Waals surface area contributed by atoms with E-state index in [0.29, 0.717) is 19.3 Å².